The van der Waals surface area contributed by atoms with Crippen molar-refractivity contribution < 1.29 is 14.3 Å². The van der Waals surface area contributed by atoms with Crippen LogP contribution < -0.4 is 5.32 Å². The monoisotopic (exact) mass is 404 g/mol. The van der Waals surface area contributed by atoms with Crippen LogP contribution in [0.25, 0.3) is 6.08 Å². The van der Waals surface area contributed by atoms with Crippen LogP contribution in [0.15, 0.2) is 42.0 Å². The first-order chi connectivity index (χ1) is 13.6. The van der Waals surface area contributed by atoms with Crippen molar-refractivity contribution in [1.82, 2.24) is 10.2 Å². The summed E-state index contributed by atoms with van der Waals surface area (Å²) in [5.74, 6) is -0.618. The van der Waals surface area contributed by atoms with Crippen molar-refractivity contribution >= 4 is 29.3 Å². The van der Waals surface area contributed by atoms with Gasteiger partial charge in [0.05, 0.1) is 0 Å². The summed E-state index contributed by atoms with van der Waals surface area (Å²) in [4.78, 5) is 14.2. The first kappa shape index (κ1) is 22.2. The van der Waals surface area contributed by atoms with Crippen LogP contribution in [0.3, 0.4) is 0 Å². The lowest BCUT2D eigenvalue weighted by Crippen LogP contribution is -2.43. The molecule has 0 saturated heterocycles. The molecular formula is C22H29FN2O2S. The SMILES string of the molecule is O=C(C=Cc1ccc(F)cc1)NC(=S)N(CCCCO)CCC1=CCCCC1. The van der Waals surface area contributed by atoms with Crippen LogP contribution in [-0.2, 0) is 4.79 Å². The molecule has 0 atom stereocenters. The Bertz CT molecular complexity index is 701. The molecule has 152 valence electrons. The number of amides is 1. The van der Waals surface area contributed by atoms with E-state index < -0.39 is 0 Å². The molecular weight excluding hydrogens is 375 g/mol. The maximum atomic E-state index is 12.9. The minimum atomic E-state index is -0.311. The first-order valence-corrected chi connectivity index (χ1v) is 10.3. The van der Waals surface area contributed by atoms with Gasteiger partial charge in [0.15, 0.2) is 5.11 Å². The zero-order chi connectivity index (χ0) is 20.2. The second kappa shape index (κ2) is 12.4. The molecule has 6 heteroatoms. The molecule has 0 unspecified atom stereocenters. The molecule has 4 nitrogen and oxygen atoms in total. The fourth-order valence-corrected chi connectivity index (χ4v) is 3.39. The summed E-state index contributed by atoms with van der Waals surface area (Å²) in [5, 5.41) is 12.2. The molecule has 0 radical (unpaired) electrons. The van der Waals surface area contributed by atoms with Crippen LogP contribution in [0.2, 0.25) is 0 Å². The van der Waals surface area contributed by atoms with Crippen molar-refractivity contribution in [1.29, 1.82) is 0 Å². The summed E-state index contributed by atoms with van der Waals surface area (Å²) in [5.41, 5.74) is 2.20. The van der Waals surface area contributed by atoms with E-state index in [0.29, 0.717) is 18.1 Å². The predicted molar refractivity (Wildman–Crippen MR) is 115 cm³/mol. The second-order valence-corrected chi connectivity index (χ2v) is 7.34. The number of unbranched alkanes of at least 4 members (excludes halogenated alkanes) is 1. The third-order valence-electron chi connectivity index (χ3n) is 4.74. The molecule has 0 fully saturated rings. The molecule has 1 aliphatic carbocycles. The van der Waals surface area contributed by atoms with Crippen molar-refractivity contribution in [3.63, 3.8) is 0 Å². The number of rotatable bonds is 9. The predicted octanol–water partition coefficient (Wildman–Crippen LogP) is 4.21. The van der Waals surface area contributed by atoms with Crippen molar-refractivity contribution in [3.8, 4) is 0 Å². The lowest BCUT2D eigenvalue weighted by atomic mass is 9.97. The Hall–Kier alpha value is -2.05. The number of hydrogen-bond acceptors (Lipinski definition) is 3. The van der Waals surface area contributed by atoms with Gasteiger partial charge in [-0.1, -0.05) is 23.8 Å². The van der Waals surface area contributed by atoms with E-state index in [1.54, 1.807) is 18.2 Å². The third kappa shape index (κ3) is 8.31. The fraction of sp³-hybridized carbons (Fsp3) is 0.455. The number of halogens is 1. The average Bonchev–Trinajstić information content (AvgIpc) is 2.71. The maximum Gasteiger partial charge on any atom is 0.250 e. The van der Waals surface area contributed by atoms with Gasteiger partial charge in [0.25, 0.3) is 0 Å². The van der Waals surface area contributed by atoms with Gasteiger partial charge >= 0.3 is 0 Å². The molecule has 1 aromatic carbocycles. The van der Waals surface area contributed by atoms with Gasteiger partial charge in [-0.3, -0.25) is 10.1 Å². The number of allylic oxidation sites excluding steroid dienone is 1. The highest BCUT2D eigenvalue weighted by atomic mass is 32.1. The minimum Gasteiger partial charge on any atom is -0.396 e. The number of benzene rings is 1. The van der Waals surface area contributed by atoms with Crippen LogP contribution in [0.4, 0.5) is 4.39 Å². The summed E-state index contributed by atoms with van der Waals surface area (Å²) in [7, 11) is 0. The molecule has 0 bridgehead atoms. The van der Waals surface area contributed by atoms with Crippen molar-refractivity contribution in [2.45, 2.75) is 44.9 Å². The smallest absolute Gasteiger partial charge is 0.250 e. The summed E-state index contributed by atoms with van der Waals surface area (Å²) in [6, 6.07) is 5.92. The van der Waals surface area contributed by atoms with E-state index in [9.17, 15) is 9.18 Å². The number of carbonyl (C=O) groups is 1. The standard InChI is InChI=1S/C22H29FN2O2S/c23-20-11-8-19(9-12-20)10-13-21(27)24-22(28)25(15-4-5-17-26)16-14-18-6-2-1-3-7-18/h6,8-13,26H,1-5,7,14-17H2,(H,24,27,28). The maximum absolute atomic E-state index is 12.9. The van der Waals surface area contributed by atoms with Gasteiger partial charge < -0.3 is 10.0 Å². The van der Waals surface area contributed by atoms with Gasteiger partial charge in [0.1, 0.15) is 5.82 Å². The first-order valence-electron chi connectivity index (χ1n) is 9.91. The molecule has 2 N–H and O–H groups in total. The zero-order valence-electron chi connectivity index (χ0n) is 16.2. The molecule has 2 rings (SSSR count). The Morgan fingerprint density at radius 1 is 1.21 bits per heavy atom. The normalized spacial score (nSPS) is 14.0. The Kier molecular flexibility index (Phi) is 9.86. The zero-order valence-corrected chi connectivity index (χ0v) is 17.0. The van der Waals surface area contributed by atoms with E-state index in [0.717, 1.165) is 37.8 Å². The molecule has 1 aromatic rings. The summed E-state index contributed by atoms with van der Waals surface area (Å²) in [6.07, 6.45) is 12.6. The molecule has 0 aromatic heterocycles. The van der Waals surface area contributed by atoms with E-state index >= 15 is 0 Å². The molecule has 28 heavy (non-hydrogen) atoms. The molecule has 1 aliphatic rings. The van der Waals surface area contributed by atoms with Crippen LogP contribution in [0.1, 0.15) is 50.5 Å². The number of nitrogens with one attached hydrogen (secondary N) is 1. The van der Waals surface area contributed by atoms with Crippen LogP contribution in [-0.4, -0.2) is 40.7 Å². The lowest BCUT2D eigenvalue weighted by Gasteiger charge is -2.26. The Morgan fingerprint density at radius 2 is 2.00 bits per heavy atom. The van der Waals surface area contributed by atoms with E-state index in [1.807, 2.05) is 4.90 Å². The second-order valence-electron chi connectivity index (χ2n) is 6.96. The largest absolute Gasteiger partial charge is 0.396 e. The Balaban J connectivity index is 1.88. The molecule has 0 saturated carbocycles. The third-order valence-corrected chi connectivity index (χ3v) is 5.10. The van der Waals surface area contributed by atoms with Crippen LogP contribution >= 0.6 is 12.2 Å². The number of aliphatic hydroxyl groups is 1. The van der Waals surface area contributed by atoms with Crippen molar-refractivity contribution in [2.75, 3.05) is 19.7 Å². The van der Waals surface area contributed by atoms with Crippen LogP contribution in [0, 0.1) is 5.82 Å². The molecule has 0 heterocycles. The number of nitrogens with zero attached hydrogens (tertiary/aromatic N) is 1. The van der Waals surface area contributed by atoms with Gasteiger partial charge in [-0.2, -0.15) is 0 Å². The fourth-order valence-electron chi connectivity index (χ4n) is 3.11. The van der Waals surface area contributed by atoms with E-state index in [-0.39, 0.29) is 18.3 Å². The highest BCUT2D eigenvalue weighted by Crippen LogP contribution is 2.20. The quantitative estimate of drug-likeness (QED) is 0.280. The van der Waals surface area contributed by atoms with Gasteiger partial charge in [-0.15, -0.1) is 0 Å². The van der Waals surface area contributed by atoms with Gasteiger partial charge in [-0.25, -0.2) is 4.39 Å². The van der Waals surface area contributed by atoms with E-state index in [4.69, 9.17) is 17.3 Å². The Labute approximate surface area is 172 Å². The highest BCUT2D eigenvalue weighted by molar-refractivity contribution is 7.80. The lowest BCUT2D eigenvalue weighted by molar-refractivity contribution is -0.115. The van der Waals surface area contributed by atoms with Crippen molar-refractivity contribution in [3.05, 3.63) is 53.4 Å². The number of carbonyl (C=O) groups excluding carboxylic acids is 1. The van der Waals surface area contributed by atoms with Crippen molar-refractivity contribution in [2.24, 2.45) is 0 Å². The van der Waals surface area contributed by atoms with Gasteiger partial charge in [-0.05, 0) is 80.9 Å². The average molecular weight is 405 g/mol. The highest BCUT2D eigenvalue weighted by Gasteiger charge is 2.13. The molecule has 0 aliphatic heterocycles. The summed E-state index contributed by atoms with van der Waals surface area (Å²) >= 11 is 5.44. The molecule has 0 spiro atoms. The van der Waals surface area contributed by atoms with Gasteiger partial charge in [0.2, 0.25) is 5.91 Å². The van der Waals surface area contributed by atoms with E-state index in [1.165, 1.54) is 36.6 Å². The van der Waals surface area contributed by atoms with E-state index in [2.05, 4.69) is 11.4 Å². The summed E-state index contributed by atoms with van der Waals surface area (Å²) in [6.45, 7) is 1.62. The number of thiocarbonyl (C=S) groups is 1. The number of hydrogen-bond donors (Lipinski definition) is 2. The number of aliphatic hydroxyl groups excluding tert-OH is 1. The van der Waals surface area contributed by atoms with Crippen LogP contribution in [0.5, 0.6) is 0 Å². The molecule has 1 amide bonds. The van der Waals surface area contributed by atoms with Gasteiger partial charge in [0, 0.05) is 25.8 Å². The summed E-state index contributed by atoms with van der Waals surface area (Å²) < 4.78 is 12.9. The Morgan fingerprint density at radius 3 is 2.68 bits per heavy atom. The minimum absolute atomic E-state index is 0.151. The topological polar surface area (TPSA) is 52.6 Å².